The fourth-order valence-electron chi connectivity index (χ4n) is 2.55. The van der Waals surface area contributed by atoms with E-state index in [1.54, 1.807) is 0 Å². The molecule has 0 amide bonds. The average molecular weight is 304 g/mol. The van der Waals surface area contributed by atoms with Crippen molar-refractivity contribution in [2.45, 2.75) is 12.6 Å². The smallest absolute Gasteiger partial charge is 0.355 e. The number of fused-ring (bicyclic) bond motifs is 1. The summed E-state index contributed by atoms with van der Waals surface area (Å²) >= 11 is 0. The Morgan fingerprint density at radius 3 is 2.43 bits per heavy atom. The van der Waals surface area contributed by atoms with Crippen molar-refractivity contribution in [1.82, 2.24) is 4.57 Å². The lowest BCUT2D eigenvalue weighted by Gasteiger charge is -2.10. The summed E-state index contributed by atoms with van der Waals surface area (Å²) in [6.07, 6.45) is -0.575. The summed E-state index contributed by atoms with van der Waals surface area (Å²) in [4.78, 5) is 0. The molecule has 0 fully saturated rings. The van der Waals surface area contributed by atoms with Crippen LogP contribution in [0.1, 0.15) is 11.7 Å². The van der Waals surface area contributed by atoms with Crippen molar-refractivity contribution in [2.75, 3.05) is 5.73 Å². The van der Waals surface area contributed by atoms with E-state index in [0.29, 0.717) is 12.5 Å². The maximum atomic E-state index is 10.4. The van der Waals surface area contributed by atoms with Gasteiger partial charge in [-0.15, -0.1) is 0 Å². The Balaban J connectivity index is 0.00000161. The molecule has 0 aliphatic carbocycles. The number of aryl methyl sites for hydroxylation is 1. The van der Waals surface area contributed by atoms with Gasteiger partial charge >= 0.3 is 5.95 Å². The number of nitrogens with zero attached hydrogens (tertiary/aromatic N) is 2. The molecular weight excluding hydrogens is 286 g/mol. The Morgan fingerprint density at radius 2 is 1.71 bits per heavy atom. The van der Waals surface area contributed by atoms with Gasteiger partial charge in [-0.1, -0.05) is 42.5 Å². The Morgan fingerprint density at radius 1 is 1.10 bits per heavy atom. The van der Waals surface area contributed by atoms with E-state index < -0.39 is 6.10 Å². The van der Waals surface area contributed by atoms with Gasteiger partial charge in [0.05, 0.1) is 7.05 Å². The minimum atomic E-state index is -0.575. The van der Waals surface area contributed by atoms with Crippen LogP contribution in [0.3, 0.4) is 0 Å². The molecule has 0 saturated carbocycles. The van der Waals surface area contributed by atoms with Gasteiger partial charge in [-0.3, -0.25) is 5.73 Å². The fraction of sp³-hybridized carbons (Fsp3) is 0.188. The first-order chi connectivity index (χ1) is 9.68. The SMILES string of the molecule is C[n+]1c(N)n(CC(O)c2ccccc2)c2ccccc21.[Cl-]. The van der Waals surface area contributed by atoms with Crippen LogP contribution in [0.2, 0.25) is 0 Å². The molecule has 110 valence electrons. The molecule has 3 aromatic rings. The van der Waals surface area contributed by atoms with E-state index >= 15 is 0 Å². The molecular formula is C16H18ClN3O. The number of para-hydroxylation sites is 2. The predicted molar refractivity (Wildman–Crippen MR) is 78.9 cm³/mol. The third-order valence-corrected chi connectivity index (χ3v) is 3.69. The molecule has 0 radical (unpaired) electrons. The molecule has 0 aliphatic rings. The molecule has 0 spiro atoms. The van der Waals surface area contributed by atoms with Gasteiger partial charge in [-0.2, -0.15) is 0 Å². The van der Waals surface area contributed by atoms with Crippen molar-refractivity contribution in [1.29, 1.82) is 0 Å². The van der Waals surface area contributed by atoms with Crippen LogP contribution < -0.4 is 22.7 Å². The van der Waals surface area contributed by atoms with Crippen LogP contribution in [0.4, 0.5) is 5.95 Å². The summed E-state index contributed by atoms with van der Waals surface area (Å²) in [5.41, 5.74) is 9.14. The summed E-state index contributed by atoms with van der Waals surface area (Å²) in [6.45, 7) is 0.442. The van der Waals surface area contributed by atoms with Crippen molar-refractivity contribution in [3.63, 3.8) is 0 Å². The van der Waals surface area contributed by atoms with Gasteiger partial charge in [0.1, 0.15) is 23.7 Å². The summed E-state index contributed by atoms with van der Waals surface area (Å²) < 4.78 is 3.89. The zero-order valence-corrected chi connectivity index (χ0v) is 12.5. The molecule has 1 atom stereocenters. The average Bonchev–Trinajstić information content (AvgIpc) is 2.74. The molecule has 2 aromatic carbocycles. The van der Waals surface area contributed by atoms with Crippen LogP contribution in [-0.2, 0) is 13.6 Å². The third-order valence-electron chi connectivity index (χ3n) is 3.69. The number of aromatic nitrogens is 2. The Hall–Kier alpha value is -2.04. The monoisotopic (exact) mass is 303 g/mol. The summed E-state index contributed by atoms with van der Waals surface area (Å²) in [7, 11) is 1.93. The molecule has 3 rings (SSSR count). The number of aliphatic hydroxyl groups excluding tert-OH is 1. The van der Waals surface area contributed by atoms with Gasteiger partial charge < -0.3 is 17.5 Å². The van der Waals surface area contributed by atoms with Gasteiger partial charge in [0.2, 0.25) is 0 Å². The lowest BCUT2D eigenvalue weighted by Crippen LogP contribution is -3.00. The number of nitrogens with two attached hydrogens (primary N) is 1. The van der Waals surface area contributed by atoms with Crippen molar-refractivity contribution in [2.24, 2.45) is 7.05 Å². The maximum Gasteiger partial charge on any atom is 0.355 e. The van der Waals surface area contributed by atoms with E-state index in [2.05, 4.69) is 0 Å². The van der Waals surface area contributed by atoms with Crippen LogP contribution in [0, 0.1) is 0 Å². The maximum absolute atomic E-state index is 10.4. The molecule has 3 N–H and O–H groups in total. The van der Waals surface area contributed by atoms with Gasteiger partial charge in [0.15, 0.2) is 0 Å². The highest BCUT2D eigenvalue weighted by atomic mass is 35.5. The van der Waals surface area contributed by atoms with Crippen LogP contribution >= 0.6 is 0 Å². The van der Waals surface area contributed by atoms with E-state index in [1.165, 1.54) is 0 Å². The zero-order valence-electron chi connectivity index (χ0n) is 11.8. The largest absolute Gasteiger partial charge is 1.00 e. The fourth-order valence-corrected chi connectivity index (χ4v) is 2.55. The first kappa shape index (κ1) is 15.4. The summed E-state index contributed by atoms with van der Waals surface area (Å²) in [5, 5.41) is 10.4. The van der Waals surface area contributed by atoms with Crippen molar-refractivity contribution in [3.05, 3.63) is 60.2 Å². The molecule has 0 bridgehead atoms. The number of hydrogen-bond acceptors (Lipinski definition) is 2. The molecule has 0 aliphatic heterocycles. The Bertz CT molecular complexity index is 740. The lowest BCUT2D eigenvalue weighted by atomic mass is 10.1. The topological polar surface area (TPSA) is 55.1 Å². The normalized spacial score (nSPS) is 12.1. The van der Waals surface area contributed by atoms with Crippen molar-refractivity contribution in [3.8, 4) is 0 Å². The molecule has 4 nitrogen and oxygen atoms in total. The number of halogens is 1. The number of rotatable bonds is 3. The predicted octanol–water partition coefficient (Wildman–Crippen LogP) is -1.21. The third kappa shape index (κ3) is 2.73. The van der Waals surface area contributed by atoms with Crippen molar-refractivity contribution < 1.29 is 22.1 Å². The number of anilines is 1. The van der Waals surface area contributed by atoms with E-state index in [-0.39, 0.29) is 12.4 Å². The molecule has 1 heterocycles. The zero-order chi connectivity index (χ0) is 14.1. The minimum absolute atomic E-state index is 0. The van der Waals surface area contributed by atoms with Crippen LogP contribution in [0.25, 0.3) is 11.0 Å². The molecule has 5 heteroatoms. The second-order valence-electron chi connectivity index (χ2n) is 4.94. The Kier molecular flexibility index (Phi) is 4.50. The highest BCUT2D eigenvalue weighted by Crippen LogP contribution is 2.20. The number of imidazole rings is 1. The summed E-state index contributed by atoms with van der Waals surface area (Å²) in [5.74, 6) is 0.640. The second-order valence-corrected chi connectivity index (χ2v) is 4.94. The van der Waals surface area contributed by atoms with Crippen LogP contribution in [-0.4, -0.2) is 9.67 Å². The molecule has 1 unspecified atom stereocenters. The molecule has 21 heavy (non-hydrogen) atoms. The van der Waals surface area contributed by atoms with Crippen molar-refractivity contribution >= 4 is 17.0 Å². The first-order valence-corrected chi connectivity index (χ1v) is 6.64. The molecule has 0 saturated heterocycles. The standard InChI is InChI=1S/C16H17N3O.ClH/c1-18-13-9-5-6-10-14(13)19(16(18)17)11-15(20)12-7-3-2-4-8-12;/h2-10,15,17,20H,11H2,1H3;1H. The van der Waals surface area contributed by atoms with Crippen LogP contribution in [0.15, 0.2) is 54.6 Å². The van der Waals surface area contributed by atoms with E-state index in [4.69, 9.17) is 5.73 Å². The first-order valence-electron chi connectivity index (χ1n) is 6.64. The summed E-state index contributed by atoms with van der Waals surface area (Å²) in [6, 6.07) is 17.6. The van der Waals surface area contributed by atoms with Gasteiger partial charge in [-0.25, -0.2) is 9.13 Å². The van der Waals surface area contributed by atoms with Gasteiger partial charge in [-0.05, 0) is 17.7 Å². The van der Waals surface area contributed by atoms with Crippen LogP contribution in [0.5, 0.6) is 0 Å². The lowest BCUT2D eigenvalue weighted by molar-refractivity contribution is -0.630. The van der Waals surface area contributed by atoms with E-state index in [9.17, 15) is 5.11 Å². The van der Waals surface area contributed by atoms with E-state index in [1.807, 2.05) is 70.8 Å². The highest BCUT2D eigenvalue weighted by Gasteiger charge is 2.21. The number of aliphatic hydroxyl groups is 1. The number of hydrogen-bond donors (Lipinski definition) is 2. The second kappa shape index (κ2) is 6.16. The Labute approximate surface area is 129 Å². The molecule has 1 aromatic heterocycles. The minimum Gasteiger partial charge on any atom is -1.00 e. The highest BCUT2D eigenvalue weighted by molar-refractivity contribution is 5.73. The number of nitrogen functional groups attached to an aromatic ring is 1. The van der Waals surface area contributed by atoms with Gasteiger partial charge in [0, 0.05) is 0 Å². The van der Waals surface area contributed by atoms with Gasteiger partial charge in [0.25, 0.3) is 0 Å². The number of benzene rings is 2. The van der Waals surface area contributed by atoms with E-state index in [0.717, 1.165) is 16.6 Å². The quantitative estimate of drug-likeness (QED) is 0.596.